The van der Waals surface area contributed by atoms with Crippen molar-refractivity contribution in [3.8, 4) is 0 Å². The highest BCUT2D eigenvalue weighted by Crippen LogP contribution is 2.15. The quantitative estimate of drug-likeness (QED) is 0.672. The van der Waals surface area contributed by atoms with Gasteiger partial charge in [-0.25, -0.2) is 4.98 Å². The highest BCUT2D eigenvalue weighted by atomic mass is 15.2. The fourth-order valence-electron chi connectivity index (χ4n) is 2.27. The van der Waals surface area contributed by atoms with E-state index in [9.17, 15) is 0 Å². The van der Waals surface area contributed by atoms with Crippen molar-refractivity contribution in [2.24, 2.45) is 0 Å². The van der Waals surface area contributed by atoms with Crippen molar-refractivity contribution < 1.29 is 0 Å². The Kier molecular flexibility index (Phi) is 8.05. The zero-order valence-electron chi connectivity index (χ0n) is 14.3. The number of nitrogens with one attached hydrogen (secondary N) is 1. The monoisotopic (exact) mass is 293 g/mol. The molecule has 0 saturated heterocycles. The average molecular weight is 293 g/mol. The van der Waals surface area contributed by atoms with Gasteiger partial charge < -0.3 is 15.1 Å². The zero-order chi connectivity index (χ0) is 15.7. The summed E-state index contributed by atoms with van der Waals surface area (Å²) >= 11 is 0. The van der Waals surface area contributed by atoms with Crippen LogP contribution in [0.5, 0.6) is 0 Å². The molecule has 120 valence electrons. The first-order valence-corrected chi connectivity index (χ1v) is 8.06. The minimum absolute atomic E-state index is 0.751. The van der Waals surface area contributed by atoms with Gasteiger partial charge in [-0.15, -0.1) is 0 Å². The van der Waals surface area contributed by atoms with E-state index in [1.54, 1.807) is 0 Å². The summed E-state index contributed by atoms with van der Waals surface area (Å²) in [5, 5.41) is 3.34. The third kappa shape index (κ3) is 6.76. The van der Waals surface area contributed by atoms with Gasteiger partial charge in [0.2, 0.25) is 5.95 Å². The molecular formula is C16H31N5. The van der Waals surface area contributed by atoms with Crippen LogP contribution in [-0.2, 0) is 0 Å². The Morgan fingerprint density at radius 2 is 1.71 bits per heavy atom. The third-order valence-electron chi connectivity index (χ3n) is 3.22. The van der Waals surface area contributed by atoms with Gasteiger partial charge >= 0.3 is 0 Å². The van der Waals surface area contributed by atoms with Crippen molar-refractivity contribution in [2.45, 2.75) is 40.0 Å². The van der Waals surface area contributed by atoms with E-state index in [4.69, 9.17) is 0 Å². The van der Waals surface area contributed by atoms with Crippen molar-refractivity contribution in [1.29, 1.82) is 0 Å². The summed E-state index contributed by atoms with van der Waals surface area (Å²) in [6.45, 7) is 10.5. The van der Waals surface area contributed by atoms with Crippen LogP contribution in [0.1, 0.15) is 38.8 Å². The van der Waals surface area contributed by atoms with E-state index < -0.39 is 0 Å². The van der Waals surface area contributed by atoms with Gasteiger partial charge in [-0.2, -0.15) is 4.98 Å². The summed E-state index contributed by atoms with van der Waals surface area (Å²) in [6.07, 6.45) is 3.36. The predicted octanol–water partition coefficient (Wildman–Crippen LogP) is 2.78. The SMILES string of the molecule is CCCN(CCC)c1cc(C)nc(NCCCN(C)C)n1. The highest BCUT2D eigenvalue weighted by molar-refractivity contribution is 5.44. The van der Waals surface area contributed by atoms with Gasteiger partial charge in [-0.1, -0.05) is 13.8 Å². The molecule has 0 saturated carbocycles. The van der Waals surface area contributed by atoms with Crippen molar-refractivity contribution in [3.63, 3.8) is 0 Å². The van der Waals surface area contributed by atoms with Crippen LogP contribution in [0.25, 0.3) is 0 Å². The molecule has 0 atom stereocenters. The van der Waals surface area contributed by atoms with Gasteiger partial charge in [0.25, 0.3) is 0 Å². The van der Waals surface area contributed by atoms with E-state index >= 15 is 0 Å². The smallest absolute Gasteiger partial charge is 0.224 e. The number of aryl methyl sites for hydroxylation is 1. The van der Waals surface area contributed by atoms with Crippen LogP contribution in [0.3, 0.4) is 0 Å². The maximum Gasteiger partial charge on any atom is 0.224 e. The summed E-state index contributed by atoms with van der Waals surface area (Å²) < 4.78 is 0. The Morgan fingerprint density at radius 3 is 2.29 bits per heavy atom. The van der Waals surface area contributed by atoms with Crippen LogP contribution in [0, 0.1) is 6.92 Å². The van der Waals surface area contributed by atoms with Crippen LogP contribution in [0.15, 0.2) is 6.07 Å². The molecule has 1 aromatic heterocycles. The molecule has 1 N–H and O–H groups in total. The van der Waals surface area contributed by atoms with Crippen molar-refractivity contribution >= 4 is 11.8 Å². The predicted molar refractivity (Wildman–Crippen MR) is 91.2 cm³/mol. The summed E-state index contributed by atoms with van der Waals surface area (Å²) in [7, 11) is 4.18. The van der Waals surface area contributed by atoms with E-state index in [1.165, 1.54) is 0 Å². The molecule has 0 amide bonds. The van der Waals surface area contributed by atoms with E-state index in [0.717, 1.165) is 62.9 Å². The third-order valence-corrected chi connectivity index (χ3v) is 3.22. The molecule has 0 unspecified atom stereocenters. The Labute approximate surface area is 129 Å². The van der Waals surface area contributed by atoms with E-state index in [2.05, 4.69) is 59.1 Å². The lowest BCUT2D eigenvalue weighted by Crippen LogP contribution is -2.26. The molecule has 0 aliphatic carbocycles. The maximum atomic E-state index is 4.68. The first kappa shape index (κ1) is 17.7. The molecular weight excluding hydrogens is 262 g/mol. The van der Waals surface area contributed by atoms with Crippen molar-refractivity contribution in [3.05, 3.63) is 11.8 Å². The molecule has 0 fully saturated rings. The molecule has 0 aliphatic heterocycles. The molecule has 0 aromatic carbocycles. The minimum Gasteiger partial charge on any atom is -0.356 e. The lowest BCUT2D eigenvalue weighted by Gasteiger charge is -2.23. The molecule has 0 spiro atoms. The molecule has 21 heavy (non-hydrogen) atoms. The fourth-order valence-corrected chi connectivity index (χ4v) is 2.27. The van der Waals surface area contributed by atoms with Crippen LogP contribution in [0.2, 0.25) is 0 Å². The second-order valence-corrected chi connectivity index (χ2v) is 5.76. The molecule has 0 aliphatic rings. The number of aromatic nitrogens is 2. The summed E-state index contributed by atoms with van der Waals surface area (Å²) in [4.78, 5) is 13.7. The lowest BCUT2D eigenvalue weighted by atomic mass is 10.3. The second-order valence-electron chi connectivity index (χ2n) is 5.76. The Morgan fingerprint density at radius 1 is 1.05 bits per heavy atom. The van der Waals surface area contributed by atoms with Crippen molar-refractivity contribution in [1.82, 2.24) is 14.9 Å². The number of hydrogen-bond acceptors (Lipinski definition) is 5. The Balaban J connectivity index is 2.69. The number of nitrogens with zero attached hydrogens (tertiary/aromatic N) is 4. The van der Waals surface area contributed by atoms with Gasteiger partial charge in [-0.05, 0) is 46.8 Å². The van der Waals surface area contributed by atoms with Crippen LogP contribution in [-0.4, -0.2) is 55.1 Å². The topological polar surface area (TPSA) is 44.3 Å². The maximum absolute atomic E-state index is 4.68. The Bertz CT molecular complexity index is 400. The first-order valence-electron chi connectivity index (χ1n) is 8.06. The molecule has 1 aromatic rings. The molecule has 5 heteroatoms. The zero-order valence-corrected chi connectivity index (χ0v) is 14.3. The van der Waals surface area contributed by atoms with Gasteiger partial charge in [-0.3, -0.25) is 0 Å². The highest BCUT2D eigenvalue weighted by Gasteiger charge is 2.09. The lowest BCUT2D eigenvalue weighted by molar-refractivity contribution is 0.405. The van der Waals surface area contributed by atoms with Crippen LogP contribution < -0.4 is 10.2 Å². The van der Waals surface area contributed by atoms with Crippen molar-refractivity contribution in [2.75, 3.05) is 50.5 Å². The largest absolute Gasteiger partial charge is 0.356 e. The summed E-state index contributed by atoms with van der Waals surface area (Å²) in [5.41, 5.74) is 1.02. The summed E-state index contributed by atoms with van der Waals surface area (Å²) in [6, 6.07) is 2.08. The number of anilines is 2. The van der Waals surface area contributed by atoms with E-state index in [-0.39, 0.29) is 0 Å². The van der Waals surface area contributed by atoms with Gasteiger partial charge in [0.1, 0.15) is 5.82 Å². The molecule has 0 bridgehead atoms. The molecule has 5 nitrogen and oxygen atoms in total. The van der Waals surface area contributed by atoms with E-state index in [0.29, 0.717) is 0 Å². The second kappa shape index (κ2) is 9.55. The molecule has 1 rings (SSSR count). The van der Waals surface area contributed by atoms with Gasteiger partial charge in [0.05, 0.1) is 0 Å². The fraction of sp³-hybridized carbons (Fsp3) is 0.750. The summed E-state index contributed by atoms with van der Waals surface area (Å²) in [5.74, 6) is 1.79. The number of rotatable bonds is 10. The molecule has 0 radical (unpaired) electrons. The molecule has 1 heterocycles. The first-order chi connectivity index (χ1) is 10.1. The van der Waals surface area contributed by atoms with Crippen LogP contribution >= 0.6 is 0 Å². The average Bonchev–Trinajstić information content (AvgIpc) is 2.42. The Hall–Kier alpha value is -1.36. The minimum atomic E-state index is 0.751. The van der Waals surface area contributed by atoms with Gasteiger partial charge in [0, 0.05) is 31.4 Å². The van der Waals surface area contributed by atoms with Crippen LogP contribution in [0.4, 0.5) is 11.8 Å². The van der Waals surface area contributed by atoms with E-state index in [1.807, 2.05) is 6.92 Å². The van der Waals surface area contributed by atoms with Gasteiger partial charge in [0.15, 0.2) is 0 Å². The normalized spacial score (nSPS) is 11.0. The standard InChI is InChI=1S/C16H31N5/c1-6-10-21(11-7-2)15-13-14(3)18-16(19-15)17-9-8-12-20(4)5/h13H,6-12H2,1-5H3,(H,17,18,19). The number of hydrogen-bond donors (Lipinski definition) is 1.